The molecule has 1 aromatic rings. The van der Waals surface area contributed by atoms with E-state index in [1.165, 1.54) is 23.5 Å². The van der Waals surface area contributed by atoms with Gasteiger partial charge in [-0.3, -0.25) is 5.01 Å². The SMILES string of the molecule is N/C=C\N(N)c1ccc(Cl)cc1/C=C/C(=O)O. The van der Waals surface area contributed by atoms with Gasteiger partial charge >= 0.3 is 5.97 Å². The number of benzene rings is 1. The van der Waals surface area contributed by atoms with E-state index < -0.39 is 5.97 Å². The van der Waals surface area contributed by atoms with Crippen molar-refractivity contribution in [2.75, 3.05) is 5.01 Å². The highest BCUT2D eigenvalue weighted by molar-refractivity contribution is 6.30. The first-order valence-corrected chi connectivity index (χ1v) is 5.05. The molecule has 0 amide bonds. The maximum Gasteiger partial charge on any atom is 0.328 e. The molecule has 6 heteroatoms. The fourth-order valence-electron chi connectivity index (χ4n) is 1.23. The minimum atomic E-state index is -1.05. The second kappa shape index (κ2) is 5.93. The summed E-state index contributed by atoms with van der Waals surface area (Å²) in [6.45, 7) is 0. The molecule has 0 heterocycles. The zero-order chi connectivity index (χ0) is 12.8. The van der Waals surface area contributed by atoms with E-state index in [4.69, 9.17) is 28.3 Å². The third-order valence-electron chi connectivity index (χ3n) is 1.92. The van der Waals surface area contributed by atoms with Gasteiger partial charge < -0.3 is 10.8 Å². The predicted molar refractivity (Wildman–Crippen MR) is 68.1 cm³/mol. The lowest BCUT2D eigenvalue weighted by Crippen LogP contribution is -2.25. The Morgan fingerprint density at radius 2 is 2.18 bits per heavy atom. The molecule has 17 heavy (non-hydrogen) atoms. The molecule has 5 N–H and O–H groups in total. The Labute approximate surface area is 104 Å². The van der Waals surface area contributed by atoms with E-state index in [9.17, 15) is 4.79 Å². The largest absolute Gasteiger partial charge is 0.478 e. The monoisotopic (exact) mass is 253 g/mol. The second-order valence-electron chi connectivity index (χ2n) is 3.12. The van der Waals surface area contributed by atoms with Crippen LogP contribution in [0.3, 0.4) is 0 Å². The first-order valence-electron chi connectivity index (χ1n) is 4.67. The third-order valence-corrected chi connectivity index (χ3v) is 2.15. The van der Waals surface area contributed by atoms with Crippen molar-refractivity contribution >= 4 is 29.3 Å². The molecule has 0 aliphatic carbocycles. The van der Waals surface area contributed by atoms with Crippen LogP contribution < -0.4 is 16.6 Å². The highest BCUT2D eigenvalue weighted by Gasteiger charge is 2.05. The maximum atomic E-state index is 10.5. The summed E-state index contributed by atoms with van der Waals surface area (Å²) in [5, 5.41) is 10.3. The van der Waals surface area contributed by atoms with Crippen molar-refractivity contribution in [2.24, 2.45) is 11.6 Å². The fourth-order valence-corrected chi connectivity index (χ4v) is 1.41. The minimum Gasteiger partial charge on any atom is -0.478 e. The second-order valence-corrected chi connectivity index (χ2v) is 3.56. The third kappa shape index (κ3) is 3.82. The molecule has 5 nitrogen and oxygen atoms in total. The molecule has 0 spiro atoms. The Morgan fingerprint density at radius 3 is 2.76 bits per heavy atom. The summed E-state index contributed by atoms with van der Waals surface area (Å²) >= 11 is 5.83. The number of halogens is 1. The molecule has 0 saturated carbocycles. The first kappa shape index (κ1) is 13.1. The number of hydrogen-bond acceptors (Lipinski definition) is 4. The summed E-state index contributed by atoms with van der Waals surface area (Å²) in [5.41, 5.74) is 6.40. The van der Waals surface area contributed by atoms with Crippen molar-refractivity contribution in [1.82, 2.24) is 0 Å². The van der Waals surface area contributed by atoms with Crippen molar-refractivity contribution < 1.29 is 9.90 Å². The lowest BCUT2D eigenvalue weighted by molar-refractivity contribution is -0.131. The van der Waals surface area contributed by atoms with Gasteiger partial charge in [-0.1, -0.05) is 11.6 Å². The summed E-state index contributed by atoms with van der Waals surface area (Å²) in [7, 11) is 0. The predicted octanol–water partition coefficient (Wildman–Crippen LogP) is 1.55. The molecule has 1 rings (SSSR count). The number of anilines is 1. The Hall–Kier alpha value is -1.98. The van der Waals surface area contributed by atoms with Gasteiger partial charge in [-0.15, -0.1) is 0 Å². The van der Waals surface area contributed by atoms with Crippen molar-refractivity contribution in [3.05, 3.63) is 47.3 Å². The number of hydrazine groups is 1. The fraction of sp³-hybridized carbons (Fsp3) is 0. The molecule has 1 aromatic carbocycles. The maximum absolute atomic E-state index is 10.5. The van der Waals surface area contributed by atoms with Gasteiger partial charge in [-0.2, -0.15) is 0 Å². The van der Waals surface area contributed by atoms with Crippen LogP contribution in [0.15, 0.2) is 36.7 Å². The van der Waals surface area contributed by atoms with E-state index in [0.717, 1.165) is 6.08 Å². The topological polar surface area (TPSA) is 92.6 Å². The number of carboxylic acids is 1. The van der Waals surface area contributed by atoms with Gasteiger partial charge in [0, 0.05) is 29.1 Å². The van der Waals surface area contributed by atoms with E-state index >= 15 is 0 Å². The average Bonchev–Trinajstić information content (AvgIpc) is 2.26. The van der Waals surface area contributed by atoms with Crippen molar-refractivity contribution in [2.45, 2.75) is 0 Å². The molecule has 0 saturated heterocycles. The van der Waals surface area contributed by atoms with Crippen LogP contribution in [0, 0.1) is 0 Å². The number of nitrogens with two attached hydrogens (primary N) is 2. The van der Waals surface area contributed by atoms with Gasteiger partial charge in [0.15, 0.2) is 0 Å². The van der Waals surface area contributed by atoms with Crippen LogP contribution in [-0.4, -0.2) is 11.1 Å². The van der Waals surface area contributed by atoms with E-state index in [0.29, 0.717) is 16.3 Å². The van der Waals surface area contributed by atoms with Crippen LogP contribution in [0.1, 0.15) is 5.56 Å². The Morgan fingerprint density at radius 1 is 1.47 bits per heavy atom. The van der Waals surface area contributed by atoms with Gasteiger partial charge in [0.25, 0.3) is 0 Å². The molecule has 90 valence electrons. The Balaban J connectivity index is 3.16. The van der Waals surface area contributed by atoms with Crippen LogP contribution in [0.25, 0.3) is 6.08 Å². The summed E-state index contributed by atoms with van der Waals surface area (Å²) < 4.78 is 0. The van der Waals surface area contributed by atoms with Crippen molar-refractivity contribution in [1.29, 1.82) is 0 Å². The van der Waals surface area contributed by atoms with Gasteiger partial charge in [0.2, 0.25) is 0 Å². The van der Waals surface area contributed by atoms with Crippen LogP contribution in [0.5, 0.6) is 0 Å². The molecule has 0 aliphatic rings. The Bertz CT molecular complexity index is 472. The van der Waals surface area contributed by atoms with E-state index in [-0.39, 0.29) is 0 Å². The summed E-state index contributed by atoms with van der Waals surface area (Å²) in [4.78, 5) is 10.5. The quantitative estimate of drug-likeness (QED) is 0.430. The smallest absolute Gasteiger partial charge is 0.328 e. The first-order chi connectivity index (χ1) is 8.04. The number of hydrogen-bond donors (Lipinski definition) is 3. The molecule has 0 aliphatic heterocycles. The number of rotatable bonds is 4. The molecule has 0 fully saturated rings. The lowest BCUT2D eigenvalue weighted by atomic mass is 10.1. The zero-order valence-electron chi connectivity index (χ0n) is 8.88. The normalized spacial score (nSPS) is 11.2. The van der Waals surface area contributed by atoms with E-state index in [1.54, 1.807) is 18.2 Å². The minimum absolute atomic E-state index is 0.490. The molecule has 0 atom stereocenters. The van der Waals surface area contributed by atoms with Gasteiger partial charge in [0.1, 0.15) is 0 Å². The van der Waals surface area contributed by atoms with E-state index in [2.05, 4.69) is 0 Å². The molecular weight excluding hydrogens is 242 g/mol. The lowest BCUT2D eigenvalue weighted by Gasteiger charge is -2.16. The van der Waals surface area contributed by atoms with Crippen LogP contribution >= 0.6 is 11.6 Å². The molecule has 0 aromatic heterocycles. The van der Waals surface area contributed by atoms with E-state index in [1.807, 2.05) is 0 Å². The van der Waals surface area contributed by atoms with Crippen molar-refractivity contribution in [3.8, 4) is 0 Å². The molecule has 0 unspecified atom stereocenters. The van der Waals surface area contributed by atoms with Crippen molar-refractivity contribution in [3.63, 3.8) is 0 Å². The number of nitrogens with zero attached hydrogens (tertiary/aromatic N) is 1. The number of carbonyl (C=O) groups is 1. The number of carboxylic acid groups (broad SMARTS) is 1. The van der Waals surface area contributed by atoms with Gasteiger partial charge in [-0.05, 0) is 24.3 Å². The summed E-state index contributed by atoms with van der Waals surface area (Å²) in [5.74, 6) is 4.66. The molecule has 0 bridgehead atoms. The standard InChI is InChI=1S/C11H12ClN3O2/c12-9-2-3-10(15(14)6-5-13)8(7-9)1-4-11(16)17/h1-7H,13-14H2,(H,16,17)/b4-1+,6-5-. The zero-order valence-corrected chi connectivity index (χ0v) is 9.63. The van der Waals surface area contributed by atoms with Gasteiger partial charge in [0.05, 0.1) is 5.69 Å². The average molecular weight is 254 g/mol. The summed E-state index contributed by atoms with van der Waals surface area (Å²) in [6.07, 6.45) is 5.14. The van der Waals surface area contributed by atoms with Crippen LogP contribution in [-0.2, 0) is 4.79 Å². The molecular formula is C11H12ClN3O2. The highest BCUT2D eigenvalue weighted by Crippen LogP contribution is 2.24. The van der Waals surface area contributed by atoms with Crippen LogP contribution in [0.2, 0.25) is 5.02 Å². The molecule has 0 radical (unpaired) electrons. The highest BCUT2D eigenvalue weighted by atomic mass is 35.5. The van der Waals surface area contributed by atoms with Gasteiger partial charge in [-0.25, -0.2) is 10.6 Å². The van der Waals surface area contributed by atoms with Crippen LogP contribution in [0.4, 0.5) is 5.69 Å². The number of aliphatic carboxylic acids is 1. The Kier molecular flexibility index (Phi) is 4.56. The summed E-state index contributed by atoms with van der Waals surface area (Å²) in [6, 6.07) is 4.93.